The molecule has 1 aromatic heterocycles. The number of likely N-dealkylation sites (N-methyl/N-ethyl adjacent to an activating group) is 1. The third-order valence-corrected chi connectivity index (χ3v) is 4.53. The molecule has 8 heteroatoms. The lowest BCUT2D eigenvalue weighted by Gasteiger charge is -2.25. The topological polar surface area (TPSA) is 74.8 Å². The summed E-state index contributed by atoms with van der Waals surface area (Å²) in [5, 5.41) is 3.19. The number of carbonyl (C=O) groups excluding carboxylic acids is 2. The van der Waals surface area contributed by atoms with Crippen molar-refractivity contribution in [3.8, 4) is 0 Å². The average molecular weight is 339 g/mol. The molecule has 1 unspecified atom stereocenters. The van der Waals surface area contributed by atoms with Crippen LogP contribution in [-0.2, 0) is 4.74 Å². The predicted molar refractivity (Wildman–Crippen MR) is 85.5 cm³/mol. The first-order chi connectivity index (χ1) is 11.0. The van der Waals surface area contributed by atoms with Gasteiger partial charge in [0, 0.05) is 26.6 Å². The van der Waals surface area contributed by atoms with Gasteiger partial charge in [0.05, 0.1) is 18.4 Å². The summed E-state index contributed by atoms with van der Waals surface area (Å²) in [7, 11) is 1.74. The summed E-state index contributed by atoms with van der Waals surface area (Å²) >= 11 is 5.73. The van der Waals surface area contributed by atoms with Crippen molar-refractivity contribution in [2.45, 2.75) is 24.9 Å². The molecule has 1 spiro atoms. The van der Waals surface area contributed by atoms with Gasteiger partial charge in [-0.15, -0.1) is 0 Å². The fourth-order valence-corrected chi connectivity index (χ4v) is 3.19. The van der Waals surface area contributed by atoms with Crippen LogP contribution in [0.2, 0.25) is 5.15 Å². The van der Waals surface area contributed by atoms with Crippen molar-refractivity contribution in [1.29, 1.82) is 0 Å². The van der Waals surface area contributed by atoms with Gasteiger partial charge in [0.2, 0.25) is 0 Å². The molecule has 1 N–H and O–H groups in total. The lowest BCUT2D eigenvalue weighted by molar-refractivity contribution is 0.0454. The molecule has 0 radical (unpaired) electrons. The smallest absolute Gasteiger partial charge is 0.410 e. The molecule has 3 rings (SSSR count). The van der Waals surface area contributed by atoms with Crippen LogP contribution in [-0.4, -0.2) is 59.2 Å². The van der Waals surface area contributed by atoms with Crippen molar-refractivity contribution in [3.05, 3.63) is 23.5 Å². The number of carbonyl (C=O) groups is 2. The van der Waals surface area contributed by atoms with E-state index in [0.717, 1.165) is 12.8 Å². The Labute approximate surface area is 139 Å². The van der Waals surface area contributed by atoms with Gasteiger partial charge < -0.3 is 19.9 Å². The molecule has 2 fully saturated rings. The molecule has 0 aromatic carbocycles. The van der Waals surface area contributed by atoms with Crippen LogP contribution in [0.5, 0.6) is 0 Å². The number of aromatic nitrogens is 1. The maximum atomic E-state index is 12.4. The standard InChI is InChI=1S/C15H19ClN4O3/c1-19-10-15(23-14(19)22)5-2-7-20(8-6-15)13(21)18-11-3-4-12(16)17-9-11/h3-4,9H,2,5-8,10H2,1H3,(H,18,21). The Balaban J connectivity index is 1.60. The number of hydrogen-bond acceptors (Lipinski definition) is 4. The quantitative estimate of drug-likeness (QED) is 0.799. The highest BCUT2D eigenvalue weighted by molar-refractivity contribution is 6.29. The minimum atomic E-state index is -0.456. The minimum absolute atomic E-state index is 0.177. The summed E-state index contributed by atoms with van der Waals surface area (Å²) < 4.78 is 5.55. The fourth-order valence-electron chi connectivity index (χ4n) is 3.08. The zero-order chi connectivity index (χ0) is 16.4. The molecular formula is C15H19ClN4O3. The molecule has 23 heavy (non-hydrogen) atoms. The predicted octanol–water partition coefficient (Wildman–Crippen LogP) is 2.57. The van der Waals surface area contributed by atoms with Crippen LogP contribution in [0.4, 0.5) is 15.3 Å². The Morgan fingerprint density at radius 3 is 2.87 bits per heavy atom. The lowest BCUT2D eigenvalue weighted by atomic mass is 9.95. The minimum Gasteiger partial charge on any atom is -0.441 e. The largest absolute Gasteiger partial charge is 0.441 e. The SMILES string of the molecule is CN1CC2(CCCN(C(=O)Nc3ccc(Cl)nc3)CC2)OC1=O. The van der Waals surface area contributed by atoms with Gasteiger partial charge in [-0.2, -0.15) is 0 Å². The van der Waals surface area contributed by atoms with Crippen LogP contribution < -0.4 is 5.32 Å². The molecule has 124 valence electrons. The molecule has 2 saturated heterocycles. The number of likely N-dealkylation sites (tertiary alicyclic amines) is 1. The monoisotopic (exact) mass is 338 g/mol. The number of ether oxygens (including phenoxy) is 1. The lowest BCUT2D eigenvalue weighted by Crippen LogP contribution is -2.38. The Morgan fingerprint density at radius 1 is 1.39 bits per heavy atom. The number of rotatable bonds is 1. The molecule has 1 atom stereocenters. The Hall–Kier alpha value is -2.02. The first-order valence-electron chi connectivity index (χ1n) is 7.59. The number of hydrogen-bond donors (Lipinski definition) is 1. The van der Waals surface area contributed by atoms with Crippen molar-refractivity contribution < 1.29 is 14.3 Å². The van der Waals surface area contributed by atoms with E-state index in [1.54, 1.807) is 29.0 Å². The number of halogens is 1. The van der Waals surface area contributed by atoms with Gasteiger partial charge in [0.1, 0.15) is 10.8 Å². The fraction of sp³-hybridized carbons (Fsp3) is 0.533. The molecule has 0 aliphatic carbocycles. The summed E-state index contributed by atoms with van der Waals surface area (Å²) in [6.45, 7) is 1.77. The molecule has 1 aromatic rings. The highest BCUT2D eigenvalue weighted by Crippen LogP contribution is 2.32. The average Bonchev–Trinajstić information content (AvgIpc) is 2.69. The summed E-state index contributed by atoms with van der Waals surface area (Å²) in [4.78, 5) is 31.3. The van der Waals surface area contributed by atoms with Crippen LogP contribution in [0.15, 0.2) is 18.3 Å². The van der Waals surface area contributed by atoms with E-state index in [9.17, 15) is 9.59 Å². The number of anilines is 1. The van der Waals surface area contributed by atoms with E-state index in [2.05, 4.69) is 10.3 Å². The van der Waals surface area contributed by atoms with E-state index in [1.165, 1.54) is 6.20 Å². The number of amides is 3. The first kappa shape index (κ1) is 15.9. The van der Waals surface area contributed by atoms with E-state index in [1.807, 2.05) is 0 Å². The van der Waals surface area contributed by atoms with Crippen LogP contribution in [0.1, 0.15) is 19.3 Å². The van der Waals surface area contributed by atoms with Crippen molar-refractivity contribution in [1.82, 2.24) is 14.8 Å². The first-order valence-corrected chi connectivity index (χ1v) is 7.97. The highest BCUT2D eigenvalue weighted by atomic mass is 35.5. The number of nitrogens with zero attached hydrogens (tertiary/aromatic N) is 3. The van der Waals surface area contributed by atoms with Gasteiger partial charge >= 0.3 is 12.1 Å². The van der Waals surface area contributed by atoms with E-state index >= 15 is 0 Å². The molecule has 7 nitrogen and oxygen atoms in total. The second-order valence-electron chi connectivity index (χ2n) is 6.05. The van der Waals surface area contributed by atoms with E-state index in [-0.39, 0.29) is 12.1 Å². The Kier molecular flexibility index (Phi) is 4.30. The Morgan fingerprint density at radius 2 is 2.22 bits per heavy atom. The highest BCUT2D eigenvalue weighted by Gasteiger charge is 2.44. The Bertz CT molecular complexity index is 609. The number of pyridine rings is 1. The maximum Gasteiger partial charge on any atom is 0.410 e. The second-order valence-corrected chi connectivity index (χ2v) is 6.43. The van der Waals surface area contributed by atoms with Gasteiger partial charge in [0.25, 0.3) is 0 Å². The van der Waals surface area contributed by atoms with Gasteiger partial charge in [0.15, 0.2) is 0 Å². The van der Waals surface area contributed by atoms with Gasteiger partial charge in [-0.25, -0.2) is 14.6 Å². The molecule has 3 amide bonds. The van der Waals surface area contributed by atoms with Crippen molar-refractivity contribution in [2.24, 2.45) is 0 Å². The van der Waals surface area contributed by atoms with Crippen molar-refractivity contribution in [3.63, 3.8) is 0 Å². The van der Waals surface area contributed by atoms with Crippen molar-refractivity contribution >= 4 is 29.4 Å². The maximum absolute atomic E-state index is 12.4. The number of urea groups is 1. The van der Waals surface area contributed by atoms with E-state index in [0.29, 0.717) is 36.9 Å². The van der Waals surface area contributed by atoms with Gasteiger partial charge in [-0.05, 0) is 25.0 Å². The van der Waals surface area contributed by atoms with Gasteiger partial charge in [-0.3, -0.25) is 0 Å². The molecule has 2 aliphatic heterocycles. The molecular weight excluding hydrogens is 320 g/mol. The summed E-state index contributed by atoms with van der Waals surface area (Å²) in [6, 6.07) is 3.16. The molecule has 2 aliphatic rings. The molecule has 3 heterocycles. The normalized spacial score (nSPS) is 24.5. The molecule has 0 bridgehead atoms. The van der Waals surface area contributed by atoms with Crippen molar-refractivity contribution in [2.75, 3.05) is 32.0 Å². The van der Waals surface area contributed by atoms with Crippen LogP contribution in [0, 0.1) is 0 Å². The third-order valence-electron chi connectivity index (χ3n) is 4.30. The molecule has 0 saturated carbocycles. The van der Waals surface area contributed by atoms with Crippen LogP contribution in [0.3, 0.4) is 0 Å². The number of nitrogens with one attached hydrogen (secondary N) is 1. The zero-order valence-corrected chi connectivity index (χ0v) is 13.7. The second kappa shape index (κ2) is 6.23. The third kappa shape index (κ3) is 3.50. The van der Waals surface area contributed by atoms with E-state index in [4.69, 9.17) is 16.3 Å². The van der Waals surface area contributed by atoms with Crippen LogP contribution in [0.25, 0.3) is 0 Å². The summed E-state index contributed by atoms with van der Waals surface area (Å²) in [6.07, 6.45) is 3.46. The van der Waals surface area contributed by atoms with Crippen LogP contribution >= 0.6 is 11.6 Å². The summed E-state index contributed by atoms with van der Waals surface area (Å²) in [5.74, 6) is 0. The summed E-state index contributed by atoms with van der Waals surface area (Å²) in [5.41, 5.74) is 0.147. The zero-order valence-electron chi connectivity index (χ0n) is 12.9. The van der Waals surface area contributed by atoms with E-state index < -0.39 is 5.60 Å². The van der Waals surface area contributed by atoms with Gasteiger partial charge in [-0.1, -0.05) is 11.6 Å².